The molecule has 0 spiro atoms. The van der Waals surface area contributed by atoms with Crippen LogP contribution in [0.25, 0.3) is 0 Å². The van der Waals surface area contributed by atoms with E-state index in [0.29, 0.717) is 5.69 Å². The SMILES string of the molecule is CN(c1ccc(S(C)(=O)=O)cc1[N+](=O)[O-])[C@H]1CCc2ccccc21. The van der Waals surface area contributed by atoms with Crippen molar-refractivity contribution in [3.05, 3.63) is 63.7 Å². The zero-order valence-electron chi connectivity index (χ0n) is 13.5. The third-order valence-electron chi connectivity index (χ3n) is 4.52. The van der Waals surface area contributed by atoms with Crippen LogP contribution in [0.4, 0.5) is 11.4 Å². The van der Waals surface area contributed by atoms with Gasteiger partial charge in [-0.05, 0) is 36.1 Å². The summed E-state index contributed by atoms with van der Waals surface area (Å²) in [6, 6.07) is 12.2. The van der Waals surface area contributed by atoms with Crippen LogP contribution in [-0.4, -0.2) is 26.6 Å². The second-order valence-corrected chi connectivity index (χ2v) is 8.06. The minimum atomic E-state index is -3.49. The molecule has 0 N–H and O–H groups in total. The highest BCUT2D eigenvalue weighted by molar-refractivity contribution is 7.90. The fourth-order valence-electron chi connectivity index (χ4n) is 3.28. The summed E-state index contributed by atoms with van der Waals surface area (Å²) in [5, 5.41) is 11.4. The molecule has 0 saturated carbocycles. The van der Waals surface area contributed by atoms with E-state index in [-0.39, 0.29) is 16.6 Å². The first-order valence-electron chi connectivity index (χ1n) is 7.58. The van der Waals surface area contributed by atoms with Crippen LogP contribution in [0.3, 0.4) is 0 Å². The predicted molar refractivity (Wildman–Crippen MR) is 92.1 cm³/mol. The molecule has 0 radical (unpaired) electrons. The van der Waals surface area contributed by atoms with Crippen LogP contribution in [0.15, 0.2) is 47.4 Å². The molecule has 0 aliphatic heterocycles. The molecule has 6 nitrogen and oxygen atoms in total. The molecule has 0 heterocycles. The van der Waals surface area contributed by atoms with Gasteiger partial charge in [-0.3, -0.25) is 10.1 Å². The summed E-state index contributed by atoms with van der Waals surface area (Å²) in [6.07, 6.45) is 2.85. The average Bonchev–Trinajstić information content (AvgIpc) is 2.96. The van der Waals surface area contributed by atoms with Crippen molar-refractivity contribution in [2.45, 2.75) is 23.8 Å². The molecule has 0 bridgehead atoms. The molecule has 2 aromatic rings. The first-order chi connectivity index (χ1) is 11.3. The van der Waals surface area contributed by atoms with Crippen LogP contribution in [0.1, 0.15) is 23.6 Å². The molecule has 2 aromatic carbocycles. The zero-order chi connectivity index (χ0) is 17.5. The van der Waals surface area contributed by atoms with E-state index < -0.39 is 14.8 Å². The standard InChI is InChI=1S/C17H18N2O4S/c1-18(15-9-7-12-5-3-4-6-14(12)15)16-10-8-13(24(2,22)23)11-17(16)19(20)21/h3-6,8,10-11,15H,7,9H2,1-2H3/t15-/m0/s1. The second-order valence-electron chi connectivity index (χ2n) is 6.04. The molecule has 3 rings (SSSR count). The lowest BCUT2D eigenvalue weighted by Gasteiger charge is -2.27. The van der Waals surface area contributed by atoms with Gasteiger partial charge in [-0.15, -0.1) is 0 Å². The maximum absolute atomic E-state index is 11.7. The van der Waals surface area contributed by atoms with Crippen molar-refractivity contribution in [3.8, 4) is 0 Å². The van der Waals surface area contributed by atoms with Gasteiger partial charge in [0.2, 0.25) is 0 Å². The molecule has 0 amide bonds. The van der Waals surface area contributed by atoms with Crippen LogP contribution in [0.2, 0.25) is 0 Å². The molecule has 0 unspecified atom stereocenters. The monoisotopic (exact) mass is 346 g/mol. The summed E-state index contributed by atoms with van der Waals surface area (Å²) >= 11 is 0. The summed E-state index contributed by atoms with van der Waals surface area (Å²) in [7, 11) is -1.68. The molecular formula is C17H18N2O4S. The topological polar surface area (TPSA) is 80.5 Å². The highest BCUT2D eigenvalue weighted by Crippen LogP contribution is 2.40. The van der Waals surface area contributed by atoms with Gasteiger partial charge in [0, 0.05) is 19.4 Å². The number of benzene rings is 2. The average molecular weight is 346 g/mol. The van der Waals surface area contributed by atoms with E-state index >= 15 is 0 Å². The quantitative estimate of drug-likeness (QED) is 0.627. The number of hydrogen-bond acceptors (Lipinski definition) is 5. The van der Waals surface area contributed by atoms with Gasteiger partial charge in [0.05, 0.1) is 15.9 Å². The molecular weight excluding hydrogens is 328 g/mol. The lowest BCUT2D eigenvalue weighted by Crippen LogP contribution is -2.23. The Morgan fingerprint density at radius 2 is 1.92 bits per heavy atom. The molecule has 7 heteroatoms. The second kappa shape index (κ2) is 5.90. The Morgan fingerprint density at radius 3 is 2.58 bits per heavy atom. The highest BCUT2D eigenvalue weighted by atomic mass is 32.2. The van der Waals surface area contributed by atoms with Crippen LogP contribution < -0.4 is 4.90 Å². The van der Waals surface area contributed by atoms with Gasteiger partial charge in [0.1, 0.15) is 5.69 Å². The van der Waals surface area contributed by atoms with E-state index in [0.717, 1.165) is 25.2 Å². The van der Waals surface area contributed by atoms with E-state index in [1.54, 1.807) is 0 Å². The molecule has 1 atom stereocenters. The van der Waals surface area contributed by atoms with E-state index in [9.17, 15) is 18.5 Å². The molecule has 1 aliphatic rings. The molecule has 0 saturated heterocycles. The summed E-state index contributed by atoms with van der Waals surface area (Å²) in [6.45, 7) is 0. The van der Waals surface area contributed by atoms with Crippen LogP contribution in [-0.2, 0) is 16.3 Å². The lowest BCUT2D eigenvalue weighted by atomic mass is 10.1. The van der Waals surface area contributed by atoms with Gasteiger partial charge in [-0.2, -0.15) is 0 Å². The van der Waals surface area contributed by atoms with E-state index in [1.807, 2.05) is 30.1 Å². The Labute approximate surface area is 140 Å². The number of fused-ring (bicyclic) bond motifs is 1. The molecule has 1 aliphatic carbocycles. The Hall–Kier alpha value is -2.41. The smallest absolute Gasteiger partial charge is 0.293 e. The van der Waals surface area contributed by atoms with Gasteiger partial charge in [-0.1, -0.05) is 24.3 Å². The van der Waals surface area contributed by atoms with Crippen molar-refractivity contribution in [1.82, 2.24) is 0 Å². The van der Waals surface area contributed by atoms with Crippen molar-refractivity contribution in [2.75, 3.05) is 18.2 Å². The minimum Gasteiger partial charge on any atom is -0.362 e. The highest BCUT2D eigenvalue weighted by Gasteiger charge is 2.30. The molecule has 0 fully saturated rings. The fourth-order valence-corrected chi connectivity index (χ4v) is 3.92. The summed E-state index contributed by atoms with van der Waals surface area (Å²) < 4.78 is 23.3. The van der Waals surface area contributed by atoms with Crippen LogP contribution >= 0.6 is 0 Å². The van der Waals surface area contributed by atoms with Gasteiger partial charge in [-0.25, -0.2) is 8.42 Å². The van der Waals surface area contributed by atoms with E-state index in [2.05, 4.69) is 6.07 Å². The normalized spacial score (nSPS) is 16.7. The van der Waals surface area contributed by atoms with Crippen LogP contribution in [0.5, 0.6) is 0 Å². The molecule has 0 aromatic heterocycles. The van der Waals surface area contributed by atoms with E-state index in [4.69, 9.17) is 0 Å². The third kappa shape index (κ3) is 2.87. The number of anilines is 1. The number of nitro benzene ring substituents is 1. The Balaban J connectivity index is 2.05. The van der Waals surface area contributed by atoms with Crippen molar-refractivity contribution in [1.29, 1.82) is 0 Å². The number of nitro groups is 1. The fraction of sp³-hybridized carbons (Fsp3) is 0.294. The minimum absolute atomic E-state index is 0.0434. The number of aryl methyl sites for hydroxylation is 1. The summed E-state index contributed by atoms with van der Waals surface area (Å²) in [5.74, 6) is 0. The molecule has 24 heavy (non-hydrogen) atoms. The van der Waals surface area contributed by atoms with Crippen LogP contribution in [0, 0.1) is 10.1 Å². The van der Waals surface area contributed by atoms with Gasteiger partial charge >= 0.3 is 0 Å². The van der Waals surface area contributed by atoms with Crippen molar-refractivity contribution in [2.24, 2.45) is 0 Å². The Morgan fingerprint density at radius 1 is 1.21 bits per heavy atom. The number of sulfone groups is 1. The van der Waals surface area contributed by atoms with E-state index in [1.165, 1.54) is 23.3 Å². The number of nitrogens with zero attached hydrogens (tertiary/aromatic N) is 2. The van der Waals surface area contributed by atoms with Gasteiger partial charge in [0.25, 0.3) is 5.69 Å². The summed E-state index contributed by atoms with van der Waals surface area (Å²) in [5.41, 5.74) is 2.66. The number of hydrogen-bond donors (Lipinski definition) is 0. The van der Waals surface area contributed by atoms with Crippen molar-refractivity contribution >= 4 is 21.2 Å². The van der Waals surface area contributed by atoms with Gasteiger partial charge < -0.3 is 4.90 Å². The van der Waals surface area contributed by atoms with Crippen molar-refractivity contribution in [3.63, 3.8) is 0 Å². The Kier molecular flexibility index (Phi) is 4.04. The zero-order valence-corrected chi connectivity index (χ0v) is 14.3. The van der Waals surface area contributed by atoms with Gasteiger partial charge in [0.15, 0.2) is 9.84 Å². The molecule has 126 valence electrons. The largest absolute Gasteiger partial charge is 0.362 e. The number of rotatable bonds is 4. The maximum atomic E-state index is 11.7. The first-order valence-corrected chi connectivity index (χ1v) is 9.47. The lowest BCUT2D eigenvalue weighted by molar-refractivity contribution is -0.384. The Bertz CT molecular complexity index is 909. The maximum Gasteiger partial charge on any atom is 0.293 e. The first kappa shape index (κ1) is 16.4. The predicted octanol–water partition coefficient (Wildman–Crippen LogP) is 3.12. The van der Waals surface area contributed by atoms with Crippen molar-refractivity contribution < 1.29 is 13.3 Å². The summed E-state index contributed by atoms with van der Waals surface area (Å²) in [4.78, 5) is 12.8. The third-order valence-corrected chi connectivity index (χ3v) is 5.63.